The van der Waals surface area contributed by atoms with E-state index in [4.69, 9.17) is 0 Å². The minimum Gasteiger partial charge on any atom is -0.261 e. The van der Waals surface area contributed by atoms with Crippen molar-refractivity contribution in [2.75, 3.05) is 0 Å². The maximum absolute atomic E-state index is 4.46. The van der Waals surface area contributed by atoms with Crippen molar-refractivity contribution < 1.29 is 0 Å². The highest BCUT2D eigenvalue weighted by Gasteiger charge is 2.15. The summed E-state index contributed by atoms with van der Waals surface area (Å²) in [6.45, 7) is 13.1. The second kappa shape index (κ2) is 6.79. The summed E-state index contributed by atoms with van der Waals surface area (Å²) in [5.41, 5.74) is 2.64. The molecule has 0 unspecified atom stereocenters. The van der Waals surface area contributed by atoms with E-state index >= 15 is 0 Å². The van der Waals surface area contributed by atoms with Gasteiger partial charge in [0.05, 0.1) is 4.70 Å². The fourth-order valence-corrected chi connectivity index (χ4v) is 2.82. The van der Waals surface area contributed by atoms with Crippen molar-refractivity contribution in [3.8, 4) is 0 Å². The maximum atomic E-state index is 4.46. The van der Waals surface area contributed by atoms with E-state index in [2.05, 4.69) is 75.1 Å². The molecule has 0 saturated carbocycles. The van der Waals surface area contributed by atoms with Gasteiger partial charge in [0, 0.05) is 34.6 Å². The Morgan fingerprint density at radius 3 is 2.04 bits per heavy atom. The molecule has 0 aromatic carbocycles. The van der Waals surface area contributed by atoms with E-state index < -0.39 is 0 Å². The number of nitrogens with zero attached hydrogens (tertiary/aromatic N) is 2. The van der Waals surface area contributed by atoms with E-state index in [1.165, 1.54) is 15.8 Å². The van der Waals surface area contributed by atoms with Crippen LogP contribution in [0.15, 0.2) is 48.1 Å². The van der Waals surface area contributed by atoms with Crippen LogP contribution in [0.25, 0.3) is 10.1 Å². The molecule has 0 aliphatic rings. The summed E-state index contributed by atoms with van der Waals surface area (Å²) >= 11 is 1.74. The zero-order valence-electron chi connectivity index (χ0n) is 14.9. The molecule has 3 rings (SSSR count). The molecule has 0 spiro atoms. The second-order valence-electron chi connectivity index (χ2n) is 7.74. The topological polar surface area (TPSA) is 25.8 Å². The summed E-state index contributed by atoms with van der Waals surface area (Å²) in [4.78, 5) is 8.71. The van der Waals surface area contributed by atoms with Crippen molar-refractivity contribution >= 4 is 21.4 Å². The number of fused-ring (bicyclic) bond motifs is 1. The highest BCUT2D eigenvalue weighted by Crippen LogP contribution is 2.26. The van der Waals surface area contributed by atoms with Gasteiger partial charge < -0.3 is 0 Å². The smallest absolute Gasteiger partial charge is 0.0526 e. The van der Waals surface area contributed by atoms with E-state index in [1.54, 1.807) is 11.3 Å². The lowest BCUT2D eigenvalue weighted by molar-refractivity contribution is 0.569. The maximum Gasteiger partial charge on any atom is 0.0526 e. The quantitative estimate of drug-likeness (QED) is 0.508. The number of thiophene rings is 1. The Balaban J connectivity index is 0.000000174. The number of pyridine rings is 2. The SMILES string of the molecule is CC(C)(C)c1cc2ccsc2cn1.CC(C)(C)c1ccccn1. The lowest BCUT2D eigenvalue weighted by atomic mass is 9.91. The van der Waals surface area contributed by atoms with Gasteiger partial charge in [-0.25, -0.2) is 0 Å². The van der Waals surface area contributed by atoms with Gasteiger partial charge in [0.2, 0.25) is 0 Å². The van der Waals surface area contributed by atoms with E-state index in [1.807, 2.05) is 24.5 Å². The van der Waals surface area contributed by atoms with Gasteiger partial charge in [-0.2, -0.15) is 0 Å². The van der Waals surface area contributed by atoms with E-state index in [-0.39, 0.29) is 10.8 Å². The molecule has 0 radical (unpaired) electrons. The van der Waals surface area contributed by atoms with Crippen LogP contribution in [0.3, 0.4) is 0 Å². The summed E-state index contributed by atoms with van der Waals surface area (Å²) in [6, 6.07) is 10.4. The summed E-state index contributed by atoms with van der Waals surface area (Å²) in [6.07, 6.45) is 3.81. The Bertz CT molecular complexity index is 746. The second-order valence-corrected chi connectivity index (χ2v) is 8.69. The predicted octanol–water partition coefficient (Wildman–Crippen LogP) is 5.97. The van der Waals surface area contributed by atoms with Gasteiger partial charge in [-0.05, 0) is 35.0 Å². The largest absolute Gasteiger partial charge is 0.261 e. The average molecular weight is 327 g/mol. The van der Waals surface area contributed by atoms with Crippen molar-refractivity contribution in [2.24, 2.45) is 0 Å². The zero-order chi connectivity index (χ0) is 17.1. The zero-order valence-corrected chi connectivity index (χ0v) is 15.7. The molecule has 3 heteroatoms. The molecule has 3 aromatic heterocycles. The molecule has 0 aliphatic heterocycles. The van der Waals surface area contributed by atoms with E-state index in [0.29, 0.717) is 0 Å². The Kier molecular flexibility index (Phi) is 5.20. The molecule has 0 fully saturated rings. The third-order valence-corrected chi connectivity index (χ3v) is 4.41. The van der Waals surface area contributed by atoms with Gasteiger partial charge in [0.25, 0.3) is 0 Å². The standard InChI is InChI=1S/C11H13NS.C9H13N/c1-11(2,3)10-6-8-4-5-13-9(8)7-12-10;1-9(2,3)8-6-4-5-7-10-8/h4-7H,1-3H3;4-7H,1-3H3. The Labute approximate surface area is 143 Å². The van der Waals surface area contributed by atoms with Crippen LogP contribution in [0.2, 0.25) is 0 Å². The molecule has 23 heavy (non-hydrogen) atoms. The van der Waals surface area contributed by atoms with Crippen LogP contribution in [-0.4, -0.2) is 9.97 Å². The molecule has 2 nitrogen and oxygen atoms in total. The number of hydrogen-bond acceptors (Lipinski definition) is 3. The fourth-order valence-electron chi connectivity index (χ4n) is 2.08. The number of aromatic nitrogens is 2. The van der Waals surface area contributed by atoms with Crippen molar-refractivity contribution in [1.82, 2.24) is 9.97 Å². The van der Waals surface area contributed by atoms with Crippen LogP contribution in [0.5, 0.6) is 0 Å². The van der Waals surface area contributed by atoms with Crippen molar-refractivity contribution in [1.29, 1.82) is 0 Å². The van der Waals surface area contributed by atoms with Gasteiger partial charge in [-0.1, -0.05) is 47.6 Å². The van der Waals surface area contributed by atoms with Crippen LogP contribution >= 0.6 is 11.3 Å². The van der Waals surface area contributed by atoms with Crippen LogP contribution in [0, 0.1) is 0 Å². The van der Waals surface area contributed by atoms with Crippen LogP contribution in [0.4, 0.5) is 0 Å². The third-order valence-electron chi connectivity index (χ3n) is 3.54. The molecule has 0 amide bonds. The first-order chi connectivity index (χ1) is 10.7. The Hall–Kier alpha value is -1.74. The highest BCUT2D eigenvalue weighted by molar-refractivity contribution is 7.17. The first-order valence-corrected chi connectivity index (χ1v) is 8.81. The predicted molar refractivity (Wildman–Crippen MR) is 101 cm³/mol. The summed E-state index contributed by atoms with van der Waals surface area (Å²) < 4.78 is 1.27. The van der Waals surface area contributed by atoms with Crippen LogP contribution < -0.4 is 0 Å². The van der Waals surface area contributed by atoms with Crippen LogP contribution in [-0.2, 0) is 10.8 Å². The lowest BCUT2D eigenvalue weighted by Gasteiger charge is -2.17. The molecule has 122 valence electrons. The molecule has 0 aliphatic carbocycles. The molecule has 0 bridgehead atoms. The van der Waals surface area contributed by atoms with E-state index in [9.17, 15) is 0 Å². The summed E-state index contributed by atoms with van der Waals surface area (Å²) in [5, 5.41) is 3.42. The van der Waals surface area contributed by atoms with Gasteiger partial charge in [0.1, 0.15) is 0 Å². The third kappa shape index (κ3) is 4.87. The monoisotopic (exact) mass is 326 g/mol. The molecular formula is C20H26N2S. The van der Waals surface area contributed by atoms with Crippen molar-refractivity contribution in [2.45, 2.75) is 52.4 Å². The van der Waals surface area contributed by atoms with Gasteiger partial charge in [0.15, 0.2) is 0 Å². The first-order valence-electron chi connectivity index (χ1n) is 7.93. The molecular weight excluding hydrogens is 300 g/mol. The van der Waals surface area contributed by atoms with E-state index in [0.717, 1.165) is 5.69 Å². The van der Waals surface area contributed by atoms with Gasteiger partial charge in [-0.15, -0.1) is 11.3 Å². The molecule has 0 atom stereocenters. The molecule has 3 aromatic rings. The number of rotatable bonds is 0. The van der Waals surface area contributed by atoms with Crippen molar-refractivity contribution in [3.63, 3.8) is 0 Å². The fraction of sp³-hybridized carbons (Fsp3) is 0.400. The average Bonchev–Trinajstić information content (AvgIpc) is 2.94. The molecule has 3 heterocycles. The normalized spacial score (nSPS) is 11.9. The summed E-state index contributed by atoms with van der Waals surface area (Å²) in [7, 11) is 0. The molecule has 0 saturated heterocycles. The highest BCUT2D eigenvalue weighted by atomic mass is 32.1. The summed E-state index contributed by atoms with van der Waals surface area (Å²) in [5.74, 6) is 0. The Morgan fingerprint density at radius 1 is 0.826 bits per heavy atom. The minimum atomic E-state index is 0.149. The van der Waals surface area contributed by atoms with Gasteiger partial charge >= 0.3 is 0 Å². The minimum absolute atomic E-state index is 0.149. The lowest BCUT2D eigenvalue weighted by Crippen LogP contribution is -2.12. The number of hydrogen-bond donors (Lipinski definition) is 0. The molecule has 0 N–H and O–H groups in total. The first kappa shape index (κ1) is 17.6. The van der Waals surface area contributed by atoms with Gasteiger partial charge in [-0.3, -0.25) is 9.97 Å². The van der Waals surface area contributed by atoms with Crippen molar-refractivity contribution in [3.05, 3.63) is 59.5 Å². The Morgan fingerprint density at radius 2 is 1.52 bits per heavy atom. The van der Waals surface area contributed by atoms with Crippen LogP contribution in [0.1, 0.15) is 52.9 Å².